The molecule has 0 amide bonds. The Kier molecular flexibility index (Phi) is 7.11. The van der Waals surface area contributed by atoms with E-state index >= 15 is 0 Å². The van der Waals surface area contributed by atoms with Crippen LogP contribution in [0.15, 0.2) is 109 Å². The Morgan fingerprint density at radius 3 is 1.87 bits per heavy atom. The maximum absolute atomic E-state index is 2.35. The summed E-state index contributed by atoms with van der Waals surface area (Å²) in [6.07, 6.45) is 9.02. The van der Waals surface area contributed by atoms with Crippen LogP contribution in [0.4, 0.5) is 0 Å². The molecule has 6 rings (SSSR count). The van der Waals surface area contributed by atoms with Gasteiger partial charge in [0.15, 0.2) is 6.20 Å². The number of benzene rings is 3. The lowest BCUT2D eigenvalue weighted by atomic mass is 9.83. The second-order valence-corrected chi connectivity index (χ2v) is 11.1. The molecule has 0 atom stereocenters. The first-order valence-corrected chi connectivity index (χ1v) is 14.3. The molecule has 2 aromatic heterocycles. The minimum Gasteiger partial charge on any atom is -0.196 e. The van der Waals surface area contributed by atoms with Crippen molar-refractivity contribution in [2.24, 2.45) is 14.1 Å². The molecule has 3 aromatic carbocycles. The van der Waals surface area contributed by atoms with Crippen molar-refractivity contribution in [3.8, 4) is 44.9 Å². The summed E-state index contributed by atoms with van der Waals surface area (Å²) in [4.78, 5) is 0. The minimum atomic E-state index is 0.753. The summed E-state index contributed by atoms with van der Waals surface area (Å²) in [5.74, 6) is 0.753. The van der Waals surface area contributed by atoms with Gasteiger partial charge >= 0.3 is 0 Å². The molecular formula is C37H38N2+2. The van der Waals surface area contributed by atoms with Crippen molar-refractivity contribution < 1.29 is 9.13 Å². The standard InChI is InChI=1S/C37H38N2/c1-27-10-7-8-13-34(27)35-14-9-15-36(39(35)3)37-26-33(24-25-38(37)2)32-22-20-31(21-23-32)30-18-16-29(17-19-30)28-11-5-4-6-12-28/h7-10,13-26,28H,4-6,11-12H2,1-3H3/q+2. The quantitative estimate of drug-likeness (QED) is 0.210. The van der Waals surface area contributed by atoms with Gasteiger partial charge in [-0.15, -0.1) is 0 Å². The van der Waals surface area contributed by atoms with Crippen molar-refractivity contribution in [1.29, 1.82) is 0 Å². The molecule has 2 heteroatoms. The molecule has 0 spiro atoms. The summed E-state index contributed by atoms with van der Waals surface area (Å²) < 4.78 is 4.52. The summed E-state index contributed by atoms with van der Waals surface area (Å²) in [5, 5.41) is 0. The summed E-state index contributed by atoms with van der Waals surface area (Å²) in [6, 6.07) is 38.1. The molecule has 2 heterocycles. The number of hydrogen-bond donors (Lipinski definition) is 0. The molecule has 39 heavy (non-hydrogen) atoms. The van der Waals surface area contributed by atoms with Crippen LogP contribution in [-0.4, -0.2) is 0 Å². The molecule has 1 fully saturated rings. The van der Waals surface area contributed by atoms with E-state index in [4.69, 9.17) is 0 Å². The molecule has 0 unspecified atom stereocenters. The lowest BCUT2D eigenvalue weighted by Crippen LogP contribution is -2.40. The van der Waals surface area contributed by atoms with E-state index in [1.54, 1.807) is 0 Å². The van der Waals surface area contributed by atoms with Crippen LogP contribution in [0, 0.1) is 6.92 Å². The highest BCUT2D eigenvalue weighted by Crippen LogP contribution is 2.34. The largest absolute Gasteiger partial charge is 0.277 e. The monoisotopic (exact) mass is 510 g/mol. The summed E-state index contributed by atoms with van der Waals surface area (Å²) in [7, 11) is 4.29. The van der Waals surface area contributed by atoms with Gasteiger partial charge in [-0.3, -0.25) is 0 Å². The van der Waals surface area contributed by atoms with Gasteiger partial charge in [0.1, 0.15) is 14.1 Å². The predicted molar refractivity (Wildman–Crippen MR) is 161 cm³/mol. The zero-order chi connectivity index (χ0) is 26.8. The second kappa shape index (κ2) is 11.0. The molecule has 0 aliphatic heterocycles. The minimum absolute atomic E-state index is 0.753. The van der Waals surface area contributed by atoms with Crippen LogP contribution in [-0.2, 0) is 14.1 Å². The van der Waals surface area contributed by atoms with E-state index in [9.17, 15) is 0 Å². The average molecular weight is 511 g/mol. The van der Waals surface area contributed by atoms with Crippen molar-refractivity contribution in [2.45, 2.75) is 44.9 Å². The summed E-state index contributed by atoms with van der Waals surface area (Å²) >= 11 is 0. The Bertz CT molecular complexity index is 1590. The third-order valence-corrected chi connectivity index (χ3v) is 8.60. The fraction of sp³-hybridized carbons (Fsp3) is 0.243. The van der Waals surface area contributed by atoms with Gasteiger partial charge in [-0.05, 0) is 71.2 Å². The fourth-order valence-electron chi connectivity index (χ4n) is 6.21. The number of nitrogens with zero attached hydrogens (tertiary/aromatic N) is 2. The van der Waals surface area contributed by atoms with Crippen molar-refractivity contribution in [2.75, 3.05) is 0 Å². The number of rotatable bonds is 5. The van der Waals surface area contributed by atoms with Crippen molar-refractivity contribution in [3.05, 3.63) is 120 Å². The Labute approximate surface area is 233 Å². The Morgan fingerprint density at radius 2 is 1.18 bits per heavy atom. The van der Waals surface area contributed by atoms with Crippen LogP contribution in [0.25, 0.3) is 44.9 Å². The van der Waals surface area contributed by atoms with E-state index in [1.165, 1.54) is 88.1 Å². The highest BCUT2D eigenvalue weighted by atomic mass is 15.0. The zero-order valence-electron chi connectivity index (χ0n) is 23.4. The van der Waals surface area contributed by atoms with Gasteiger partial charge in [0.05, 0.1) is 0 Å². The van der Waals surface area contributed by atoms with Crippen LogP contribution in [0.2, 0.25) is 0 Å². The first kappa shape index (κ1) is 25.2. The van der Waals surface area contributed by atoms with Gasteiger partial charge in [0.2, 0.25) is 5.69 Å². The topological polar surface area (TPSA) is 7.76 Å². The van der Waals surface area contributed by atoms with E-state index in [-0.39, 0.29) is 0 Å². The fourth-order valence-corrected chi connectivity index (χ4v) is 6.21. The predicted octanol–water partition coefficient (Wildman–Crippen LogP) is 8.36. The van der Waals surface area contributed by atoms with Gasteiger partial charge in [-0.25, -0.2) is 0 Å². The molecular weight excluding hydrogens is 472 g/mol. The van der Waals surface area contributed by atoms with E-state index in [1.807, 2.05) is 0 Å². The molecule has 1 aliphatic rings. The molecule has 194 valence electrons. The van der Waals surface area contributed by atoms with E-state index < -0.39 is 0 Å². The number of aromatic nitrogens is 2. The summed E-state index contributed by atoms with van der Waals surface area (Å²) in [6.45, 7) is 2.18. The van der Waals surface area contributed by atoms with Crippen molar-refractivity contribution in [3.63, 3.8) is 0 Å². The van der Waals surface area contributed by atoms with Gasteiger partial charge in [0, 0.05) is 29.8 Å². The maximum atomic E-state index is 2.35. The normalized spacial score (nSPS) is 13.9. The molecule has 0 radical (unpaired) electrons. The number of aryl methyl sites for hydroxylation is 2. The average Bonchev–Trinajstić information content (AvgIpc) is 2.99. The lowest BCUT2D eigenvalue weighted by molar-refractivity contribution is -0.685. The van der Waals surface area contributed by atoms with Gasteiger partial charge in [-0.1, -0.05) is 86.0 Å². The van der Waals surface area contributed by atoms with Gasteiger partial charge in [0.25, 0.3) is 11.4 Å². The molecule has 2 nitrogen and oxygen atoms in total. The third kappa shape index (κ3) is 5.16. The zero-order valence-corrected chi connectivity index (χ0v) is 23.4. The van der Waals surface area contributed by atoms with Crippen LogP contribution >= 0.6 is 0 Å². The van der Waals surface area contributed by atoms with Crippen LogP contribution < -0.4 is 9.13 Å². The highest BCUT2D eigenvalue weighted by molar-refractivity contribution is 5.72. The Hall–Kier alpha value is -4.04. The van der Waals surface area contributed by atoms with Gasteiger partial charge in [-0.2, -0.15) is 9.13 Å². The molecule has 0 saturated heterocycles. The van der Waals surface area contributed by atoms with Crippen LogP contribution in [0.1, 0.15) is 49.1 Å². The van der Waals surface area contributed by atoms with Crippen molar-refractivity contribution >= 4 is 0 Å². The molecule has 5 aromatic rings. The molecule has 1 saturated carbocycles. The first-order valence-electron chi connectivity index (χ1n) is 14.3. The third-order valence-electron chi connectivity index (χ3n) is 8.60. The maximum Gasteiger partial charge on any atom is 0.277 e. The summed E-state index contributed by atoms with van der Waals surface area (Å²) in [5.41, 5.74) is 12.7. The van der Waals surface area contributed by atoms with Gasteiger partial charge < -0.3 is 0 Å². The van der Waals surface area contributed by atoms with E-state index in [0.717, 1.165) is 5.92 Å². The molecule has 0 N–H and O–H groups in total. The van der Waals surface area contributed by atoms with Crippen LogP contribution in [0.3, 0.4) is 0 Å². The highest BCUT2D eigenvalue weighted by Gasteiger charge is 2.24. The lowest BCUT2D eigenvalue weighted by Gasteiger charge is -2.22. The molecule has 0 bridgehead atoms. The Balaban J connectivity index is 1.28. The van der Waals surface area contributed by atoms with E-state index in [2.05, 4.69) is 139 Å². The SMILES string of the molecule is Cc1ccccc1-c1cccc(-c2cc(-c3ccc(-c4ccc(C5CCCCC5)cc4)cc3)cc[n+]2C)[n+]1C. The number of hydrogen-bond acceptors (Lipinski definition) is 0. The second-order valence-electron chi connectivity index (χ2n) is 11.1. The van der Waals surface area contributed by atoms with Crippen LogP contribution in [0.5, 0.6) is 0 Å². The van der Waals surface area contributed by atoms with Crippen molar-refractivity contribution in [1.82, 2.24) is 0 Å². The number of pyridine rings is 2. The smallest absolute Gasteiger partial charge is 0.196 e. The van der Waals surface area contributed by atoms with E-state index in [0.29, 0.717) is 0 Å². The first-order chi connectivity index (χ1) is 19.1. The molecule has 1 aliphatic carbocycles. The Morgan fingerprint density at radius 1 is 0.564 bits per heavy atom.